The average Bonchev–Trinajstić information content (AvgIpc) is 3.17. The van der Waals surface area contributed by atoms with E-state index in [1.165, 1.54) is 0 Å². The number of hydrogen-bond acceptors (Lipinski definition) is 5. The van der Waals surface area contributed by atoms with Crippen LogP contribution in [0, 0.1) is 0 Å². The number of nitrogens with zero attached hydrogens (tertiary/aromatic N) is 3. The summed E-state index contributed by atoms with van der Waals surface area (Å²) in [6.45, 7) is 2.63. The number of hydrogen-bond donors (Lipinski definition) is 1. The van der Waals surface area contributed by atoms with E-state index in [9.17, 15) is 0 Å². The van der Waals surface area contributed by atoms with Crippen LogP contribution in [0.25, 0.3) is 5.70 Å². The first kappa shape index (κ1) is 16.2. The smallest absolute Gasteiger partial charge is 0.226 e. The van der Waals surface area contributed by atoms with Crippen LogP contribution in [-0.4, -0.2) is 28.5 Å². The maximum atomic E-state index is 5.54. The summed E-state index contributed by atoms with van der Waals surface area (Å²) in [5.74, 6) is 2.39. The van der Waals surface area contributed by atoms with E-state index in [-0.39, 0.29) is 6.04 Å². The Morgan fingerprint density at radius 1 is 1.12 bits per heavy atom. The van der Waals surface area contributed by atoms with Crippen molar-refractivity contribution in [2.45, 2.75) is 13.0 Å². The number of aromatic nitrogens is 3. The molecule has 3 aromatic rings. The Hall–Kier alpha value is -3.28. The SMILES string of the molecule is CCOc1ccc([C@@H]2C=C(c3cccc(OC)c3)Nc3ncnn32)cc1. The zero-order valence-corrected chi connectivity index (χ0v) is 14.7. The minimum absolute atomic E-state index is 0.0503. The lowest BCUT2D eigenvalue weighted by molar-refractivity contribution is 0.340. The fourth-order valence-electron chi connectivity index (χ4n) is 3.06. The Kier molecular flexibility index (Phi) is 4.31. The summed E-state index contributed by atoms with van der Waals surface area (Å²) in [7, 11) is 1.67. The van der Waals surface area contributed by atoms with Crippen LogP contribution in [0.3, 0.4) is 0 Å². The summed E-state index contributed by atoms with van der Waals surface area (Å²) in [5, 5.41) is 7.72. The van der Waals surface area contributed by atoms with Crippen LogP contribution in [0.2, 0.25) is 0 Å². The van der Waals surface area contributed by atoms with Crippen molar-refractivity contribution in [2.24, 2.45) is 0 Å². The number of ether oxygens (including phenoxy) is 2. The normalized spacial score (nSPS) is 15.6. The molecular formula is C20H20N4O2. The summed E-state index contributed by atoms with van der Waals surface area (Å²) in [6, 6.07) is 16.0. The minimum Gasteiger partial charge on any atom is -0.497 e. The van der Waals surface area contributed by atoms with E-state index in [0.717, 1.165) is 28.3 Å². The Bertz CT molecular complexity index is 931. The molecule has 1 aromatic heterocycles. The van der Waals surface area contributed by atoms with E-state index < -0.39 is 0 Å². The molecule has 0 aliphatic carbocycles. The van der Waals surface area contributed by atoms with Crippen LogP contribution >= 0.6 is 0 Å². The van der Waals surface area contributed by atoms with Gasteiger partial charge < -0.3 is 14.8 Å². The molecule has 0 saturated heterocycles. The van der Waals surface area contributed by atoms with E-state index in [1.54, 1.807) is 13.4 Å². The topological polar surface area (TPSA) is 61.2 Å². The van der Waals surface area contributed by atoms with Crippen LogP contribution in [0.1, 0.15) is 24.1 Å². The largest absolute Gasteiger partial charge is 0.497 e. The maximum Gasteiger partial charge on any atom is 0.226 e. The van der Waals surface area contributed by atoms with Gasteiger partial charge in [-0.1, -0.05) is 24.3 Å². The molecule has 1 aliphatic rings. The predicted octanol–water partition coefficient (Wildman–Crippen LogP) is 3.74. The van der Waals surface area contributed by atoms with Crippen LogP contribution in [0.5, 0.6) is 11.5 Å². The van der Waals surface area contributed by atoms with Gasteiger partial charge in [0.25, 0.3) is 0 Å². The molecule has 2 aromatic carbocycles. The molecule has 0 bridgehead atoms. The van der Waals surface area contributed by atoms with Crippen molar-refractivity contribution in [3.8, 4) is 11.5 Å². The van der Waals surface area contributed by atoms with Gasteiger partial charge in [-0.3, -0.25) is 0 Å². The van der Waals surface area contributed by atoms with Crippen LogP contribution < -0.4 is 14.8 Å². The van der Waals surface area contributed by atoms with E-state index >= 15 is 0 Å². The molecule has 1 aliphatic heterocycles. The molecule has 132 valence electrons. The van der Waals surface area contributed by atoms with Crippen molar-refractivity contribution in [1.82, 2.24) is 14.8 Å². The summed E-state index contributed by atoms with van der Waals surface area (Å²) in [4.78, 5) is 4.34. The van der Waals surface area contributed by atoms with Gasteiger partial charge in [0.15, 0.2) is 0 Å². The average molecular weight is 348 g/mol. The summed E-state index contributed by atoms with van der Waals surface area (Å²) >= 11 is 0. The van der Waals surface area contributed by atoms with Gasteiger partial charge in [-0.05, 0) is 42.8 Å². The van der Waals surface area contributed by atoms with Gasteiger partial charge in [0, 0.05) is 11.3 Å². The first-order chi connectivity index (χ1) is 12.8. The highest BCUT2D eigenvalue weighted by atomic mass is 16.5. The second-order valence-corrected chi connectivity index (χ2v) is 5.91. The third kappa shape index (κ3) is 3.01. The molecule has 6 heteroatoms. The van der Waals surface area contributed by atoms with Crippen molar-refractivity contribution in [1.29, 1.82) is 0 Å². The molecule has 0 unspecified atom stereocenters. The molecule has 1 N–H and O–H groups in total. The van der Waals surface area contributed by atoms with Gasteiger partial charge in [-0.2, -0.15) is 10.1 Å². The fraction of sp³-hybridized carbons (Fsp3) is 0.200. The minimum atomic E-state index is -0.0503. The molecule has 2 heterocycles. The highest BCUT2D eigenvalue weighted by Gasteiger charge is 2.23. The fourth-order valence-corrected chi connectivity index (χ4v) is 3.06. The zero-order valence-electron chi connectivity index (χ0n) is 14.7. The Morgan fingerprint density at radius 2 is 1.96 bits per heavy atom. The number of allylic oxidation sites excluding steroid dienone is 1. The summed E-state index contributed by atoms with van der Waals surface area (Å²) in [6.07, 6.45) is 3.71. The van der Waals surface area contributed by atoms with E-state index in [2.05, 4.69) is 33.6 Å². The standard InChI is InChI=1S/C20H20N4O2/c1-3-26-16-9-7-14(8-10-16)19-12-18(23-20-21-13-22-24(19)20)15-5-4-6-17(11-15)25-2/h4-13,19H,3H2,1-2H3,(H,21,22,23)/t19-/m0/s1. The van der Waals surface area contributed by atoms with Gasteiger partial charge in [0.05, 0.1) is 13.7 Å². The molecule has 0 radical (unpaired) electrons. The monoisotopic (exact) mass is 348 g/mol. The number of rotatable bonds is 5. The second-order valence-electron chi connectivity index (χ2n) is 5.91. The number of fused-ring (bicyclic) bond motifs is 1. The van der Waals surface area contributed by atoms with Crippen LogP contribution in [0.4, 0.5) is 5.95 Å². The first-order valence-electron chi connectivity index (χ1n) is 8.54. The summed E-state index contributed by atoms with van der Waals surface area (Å²) < 4.78 is 12.8. The van der Waals surface area contributed by atoms with Crippen molar-refractivity contribution in [3.63, 3.8) is 0 Å². The number of methoxy groups -OCH3 is 1. The van der Waals surface area contributed by atoms with Crippen LogP contribution in [-0.2, 0) is 0 Å². The molecule has 0 fully saturated rings. The van der Waals surface area contributed by atoms with Gasteiger partial charge >= 0.3 is 0 Å². The van der Waals surface area contributed by atoms with Gasteiger partial charge in [-0.15, -0.1) is 0 Å². The predicted molar refractivity (Wildman–Crippen MR) is 100 cm³/mol. The Balaban J connectivity index is 1.73. The molecule has 0 amide bonds. The molecule has 1 atom stereocenters. The highest BCUT2D eigenvalue weighted by molar-refractivity contribution is 5.77. The lowest BCUT2D eigenvalue weighted by Crippen LogP contribution is -2.20. The molecule has 0 saturated carbocycles. The number of benzene rings is 2. The van der Waals surface area contributed by atoms with Gasteiger partial charge in [0.1, 0.15) is 23.9 Å². The third-order valence-electron chi connectivity index (χ3n) is 4.32. The van der Waals surface area contributed by atoms with Crippen molar-refractivity contribution >= 4 is 11.6 Å². The van der Waals surface area contributed by atoms with Crippen LogP contribution in [0.15, 0.2) is 60.9 Å². The molecule has 26 heavy (non-hydrogen) atoms. The van der Waals surface area contributed by atoms with Gasteiger partial charge in [-0.25, -0.2) is 4.68 Å². The van der Waals surface area contributed by atoms with E-state index in [1.807, 2.05) is 48.0 Å². The van der Waals surface area contributed by atoms with Crippen molar-refractivity contribution in [2.75, 3.05) is 19.0 Å². The Morgan fingerprint density at radius 3 is 2.73 bits per heavy atom. The number of anilines is 1. The lowest BCUT2D eigenvalue weighted by atomic mass is 10.0. The molecule has 0 spiro atoms. The first-order valence-corrected chi connectivity index (χ1v) is 8.54. The van der Waals surface area contributed by atoms with Crippen molar-refractivity contribution in [3.05, 3.63) is 72.1 Å². The van der Waals surface area contributed by atoms with E-state index in [4.69, 9.17) is 9.47 Å². The summed E-state index contributed by atoms with van der Waals surface area (Å²) in [5.41, 5.74) is 3.12. The quantitative estimate of drug-likeness (QED) is 0.761. The molecule has 6 nitrogen and oxygen atoms in total. The third-order valence-corrected chi connectivity index (χ3v) is 4.32. The molecule has 4 rings (SSSR count). The Labute approximate surface area is 152 Å². The molecular weight excluding hydrogens is 328 g/mol. The number of nitrogens with one attached hydrogen (secondary N) is 1. The lowest BCUT2D eigenvalue weighted by Gasteiger charge is -2.24. The second kappa shape index (κ2) is 6.92. The van der Waals surface area contributed by atoms with Crippen molar-refractivity contribution < 1.29 is 9.47 Å². The van der Waals surface area contributed by atoms with E-state index in [0.29, 0.717) is 12.6 Å². The highest BCUT2D eigenvalue weighted by Crippen LogP contribution is 2.33. The van der Waals surface area contributed by atoms with Gasteiger partial charge in [0.2, 0.25) is 5.95 Å². The zero-order chi connectivity index (χ0) is 17.9. The maximum absolute atomic E-state index is 5.54.